The third-order valence-corrected chi connectivity index (χ3v) is 6.02. The van der Waals surface area contributed by atoms with E-state index in [0.29, 0.717) is 28.9 Å². The molecule has 0 fully saturated rings. The Morgan fingerprint density at radius 1 is 1.18 bits per heavy atom. The van der Waals surface area contributed by atoms with Gasteiger partial charge in [0.05, 0.1) is 17.1 Å². The lowest BCUT2D eigenvalue weighted by Crippen LogP contribution is -2.22. The highest BCUT2D eigenvalue weighted by atomic mass is 79.9. The summed E-state index contributed by atoms with van der Waals surface area (Å²) in [5, 5.41) is 13.8. The van der Waals surface area contributed by atoms with E-state index in [1.54, 1.807) is 12.3 Å². The van der Waals surface area contributed by atoms with Gasteiger partial charge in [0.25, 0.3) is 5.56 Å². The average molecular weight is 518 g/mol. The molecule has 0 saturated carbocycles. The largest absolute Gasteiger partial charge is 0.479 e. The summed E-state index contributed by atoms with van der Waals surface area (Å²) in [6.07, 6.45) is 3.22. The molecule has 34 heavy (non-hydrogen) atoms. The van der Waals surface area contributed by atoms with Crippen LogP contribution in [0.25, 0.3) is 16.6 Å². The Bertz CT molecular complexity index is 1480. The zero-order chi connectivity index (χ0) is 24.2. The maximum atomic E-state index is 13.2. The molecule has 0 unspecified atom stereocenters. The first-order valence-electron chi connectivity index (χ1n) is 11.0. The Kier molecular flexibility index (Phi) is 6.94. The third kappa shape index (κ3) is 4.66. The van der Waals surface area contributed by atoms with Gasteiger partial charge < -0.3 is 9.30 Å². The van der Waals surface area contributed by atoms with E-state index < -0.39 is 0 Å². The normalized spacial score (nSPS) is 11.3. The smallest absolute Gasteiger partial charge is 0.282 e. The molecule has 4 rings (SSSR count). The minimum atomic E-state index is -0.187. The van der Waals surface area contributed by atoms with E-state index in [2.05, 4.69) is 32.5 Å². The molecule has 2 aromatic carbocycles. The van der Waals surface area contributed by atoms with Gasteiger partial charge in [-0.1, -0.05) is 22.9 Å². The lowest BCUT2D eigenvalue weighted by molar-refractivity contribution is 0.368. The summed E-state index contributed by atoms with van der Waals surface area (Å²) in [5.41, 5.74) is 4.39. The van der Waals surface area contributed by atoms with Gasteiger partial charge in [0.1, 0.15) is 17.6 Å². The highest BCUT2D eigenvalue weighted by Gasteiger charge is 2.13. The summed E-state index contributed by atoms with van der Waals surface area (Å²) in [5.74, 6) is 1.29. The number of fused-ring (bicyclic) bond motifs is 1. The van der Waals surface area contributed by atoms with Gasteiger partial charge in [0.2, 0.25) is 0 Å². The molecule has 4 aromatic rings. The van der Waals surface area contributed by atoms with E-state index >= 15 is 0 Å². The van der Waals surface area contributed by atoms with Gasteiger partial charge in [-0.3, -0.25) is 4.79 Å². The van der Waals surface area contributed by atoms with Crippen molar-refractivity contribution in [1.29, 1.82) is 5.26 Å². The number of hydrogen-bond donors (Lipinski definition) is 0. The Labute approximate surface area is 206 Å². The molecule has 172 valence electrons. The third-order valence-electron chi connectivity index (χ3n) is 5.53. The van der Waals surface area contributed by atoms with Crippen LogP contribution in [0.5, 0.6) is 5.75 Å². The lowest BCUT2D eigenvalue weighted by atomic mass is 10.2. The Hall–Kier alpha value is -3.70. The summed E-state index contributed by atoms with van der Waals surface area (Å²) in [7, 11) is 0. The predicted octanol–water partition coefficient (Wildman–Crippen LogP) is 5.30. The van der Waals surface area contributed by atoms with Crippen molar-refractivity contribution in [3.05, 3.63) is 86.1 Å². The Morgan fingerprint density at radius 2 is 1.94 bits per heavy atom. The minimum absolute atomic E-state index is 0.0154. The van der Waals surface area contributed by atoms with Crippen molar-refractivity contribution in [3.63, 3.8) is 0 Å². The van der Waals surface area contributed by atoms with Crippen LogP contribution in [0.4, 0.5) is 0 Å². The summed E-state index contributed by atoms with van der Waals surface area (Å²) >= 11 is 3.44. The fourth-order valence-corrected chi connectivity index (χ4v) is 4.30. The van der Waals surface area contributed by atoms with Crippen molar-refractivity contribution in [1.82, 2.24) is 14.2 Å². The molecule has 0 aliphatic rings. The second-order valence-electron chi connectivity index (χ2n) is 7.90. The van der Waals surface area contributed by atoms with Crippen LogP contribution < -0.4 is 10.3 Å². The van der Waals surface area contributed by atoms with Crippen LogP contribution in [0.3, 0.4) is 0 Å². The number of aromatic nitrogens is 3. The van der Waals surface area contributed by atoms with Gasteiger partial charge in [-0.2, -0.15) is 15.0 Å². The molecule has 7 nitrogen and oxygen atoms in total. The quantitative estimate of drug-likeness (QED) is 0.311. The van der Waals surface area contributed by atoms with Crippen molar-refractivity contribution in [2.24, 2.45) is 5.10 Å². The Morgan fingerprint density at radius 3 is 2.65 bits per heavy atom. The van der Waals surface area contributed by atoms with Crippen molar-refractivity contribution in [2.45, 2.75) is 33.6 Å². The van der Waals surface area contributed by atoms with Crippen molar-refractivity contribution >= 4 is 33.0 Å². The molecule has 0 radical (unpaired) electrons. The molecule has 2 aromatic heterocycles. The predicted molar refractivity (Wildman–Crippen MR) is 137 cm³/mol. The summed E-state index contributed by atoms with van der Waals surface area (Å²) in [4.78, 5) is 17.9. The van der Waals surface area contributed by atoms with Crippen LogP contribution >= 0.6 is 15.9 Å². The zero-order valence-corrected chi connectivity index (χ0v) is 20.8. The maximum Gasteiger partial charge on any atom is 0.282 e. The monoisotopic (exact) mass is 517 g/mol. The SMILES string of the molecule is CCCc1nc2ccc(Br)cc2c(=O)n1N=Cc1cc(C)n(-c2ccc(OCC#N)cc2)c1C. The molecule has 0 bridgehead atoms. The summed E-state index contributed by atoms with van der Waals surface area (Å²) < 4.78 is 9.69. The first-order valence-corrected chi connectivity index (χ1v) is 11.8. The van der Waals surface area contributed by atoms with Gasteiger partial charge in [-0.25, -0.2) is 4.98 Å². The molecule has 0 N–H and O–H groups in total. The van der Waals surface area contributed by atoms with E-state index in [1.165, 1.54) is 4.68 Å². The number of benzene rings is 2. The number of aryl methyl sites for hydroxylation is 2. The van der Waals surface area contributed by atoms with Gasteiger partial charge in [0, 0.05) is 33.5 Å². The van der Waals surface area contributed by atoms with Crippen molar-refractivity contribution in [3.8, 4) is 17.5 Å². The molecular formula is C26H24BrN5O2. The van der Waals surface area contributed by atoms with E-state index in [9.17, 15) is 4.79 Å². The van der Waals surface area contributed by atoms with Crippen LogP contribution in [-0.4, -0.2) is 27.0 Å². The summed E-state index contributed by atoms with van der Waals surface area (Å²) in [6, 6.07) is 17.1. The van der Waals surface area contributed by atoms with E-state index in [-0.39, 0.29) is 12.2 Å². The van der Waals surface area contributed by atoms with Gasteiger partial charge in [0.15, 0.2) is 6.61 Å². The van der Waals surface area contributed by atoms with Crippen LogP contribution in [0.15, 0.2) is 62.9 Å². The van der Waals surface area contributed by atoms with Crippen LogP contribution in [0.2, 0.25) is 0 Å². The number of halogens is 1. The van der Waals surface area contributed by atoms with Gasteiger partial charge in [-0.15, -0.1) is 0 Å². The molecule has 0 aliphatic carbocycles. The highest BCUT2D eigenvalue weighted by molar-refractivity contribution is 9.10. The van der Waals surface area contributed by atoms with Gasteiger partial charge >= 0.3 is 0 Å². The van der Waals surface area contributed by atoms with Crippen molar-refractivity contribution < 1.29 is 4.74 Å². The number of hydrogen-bond acceptors (Lipinski definition) is 5. The first-order chi connectivity index (χ1) is 16.4. The zero-order valence-electron chi connectivity index (χ0n) is 19.2. The number of nitriles is 1. The van der Waals surface area contributed by atoms with E-state index in [0.717, 1.165) is 33.5 Å². The maximum absolute atomic E-state index is 13.2. The number of nitrogens with zero attached hydrogens (tertiary/aromatic N) is 5. The fraction of sp³-hybridized carbons (Fsp3) is 0.231. The molecule has 2 heterocycles. The fourth-order valence-electron chi connectivity index (χ4n) is 3.94. The van der Waals surface area contributed by atoms with Crippen LogP contribution in [0.1, 0.15) is 36.1 Å². The topological polar surface area (TPSA) is 85.2 Å². The molecule has 8 heteroatoms. The molecule has 0 saturated heterocycles. The highest BCUT2D eigenvalue weighted by Crippen LogP contribution is 2.22. The van der Waals surface area contributed by atoms with Crippen LogP contribution in [0, 0.1) is 25.2 Å². The molecular weight excluding hydrogens is 494 g/mol. The standard InChI is InChI=1S/C26H24BrN5O2/c1-4-5-25-30-24-11-6-20(27)15-23(24)26(33)32(25)29-16-19-14-17(2)31(18(19)3)21-7-9-22(10-8-21)34-13-12-28/h6-11,14-16H,4-5,13H2,1-3H3. The number of ether oxygens (including phenoxy) is 1. The second kappa shape index (κ2) is 10.1. The Balaban J connectivity index is 1.73. The van der Waals surface area contributed by atoms with Crippen LogP contribution in [-0.2, 0) is 6.42 Å². The second-order valence-corrected chi connectivity index (χ2v) is 8.82. The minimum Gasteiger partial charge on any atom is -0.479 e. The summed E-state index contributed by atoms with van der Waals surface area (Å²) in [6.45, 7) is 6.10. The molecule has 0 atom stereocenters. The number of rotatable bonds is 7. The molecule has 0 spiro atoms. The molecule has 0 aliphatic heterocycles. The first kappa shape index (κ1) is 23.5. The van der Waals surface area contributed by atoms with E-state index in [4.69, 9.17) is 15.0 Å². The van der Waals surface area contributed by atoms with Crippen molar-refractivity contribution in [2.75, 3.05) is 6.61 Å². The molecule has 0 amide bonds. The van der Waals surface area contributed by atoms with Gasteiger partial charge in [-0.05, 0) is 68.8 Å². The average Bonchev–Trinajstić information content (AvgIpc) is 3.11. The van der Waals surface area contributed by atoms with E-state index in [1.807, 2.05) is 62.4 Å². The lowest BCUT2D eigenvalue weighted by Gasteiger charge is -2.11.